The Bertz CT molecular complexity index is 774. The van der Waals surface area contributed by atoms with Crippen LogP contribution in [0.25, 0.3) is 11.5 Å². The lowest BCUT2D eigenvalue weighted by Gasteiger charge is -2.36. The Balaban J connectivity index is 1.57. The molecule has 0 spiro atoms. The first-order valence-electron chi connectivity index (χ1n) is 9.21. The zero-order valence-corrected chi connectivity index (χ0v) is 15.6. The van der Waals surface area contributed by atoms with Crippen LogP contribution in [0, 0.1) is 6.92 Å². The molecule has 4 rings (SSSR count). The standard InChI is InChI=1S/C20H26N2O4/c1-12-17(11-22-14-5-6-15(22)10-16(23)9-14)21-20(26-12)13-4-7-18(24-2)19(8-13)25-3/h4,7-8,14-16,23H,5-6,9-11H2,1-3H3/t14-,15+,16?. The van der Waals surface area contributed by atoms with Gasteiger partial charge in [0.05, 0.1) is 26.0 Å². The summed E-state index contributed by atoms with van der Waals surface area (Å²) in [4.78, 5) is 7.25. The van der Waals surface area contributed by atoms with Crippen molar-refractivity contribution in [3.63, 3.8) is 0 Å². The van der Waals surface area contributed by atoms with Crippen molar-refractivity contribution >= 4 is 0 Å². The quantitative estimate of drug-likeness (QED) is 0.886. The van der Waals surface area contributed by atoms with Crippen molar-refractivity contribution in [1.82, 2.24) is 9.88 Å². The van der Waals surface area contributed by atoms with Crippen molar-refractivity contribution in [2.45, 2.75) is 57.3 Å². The fourth-order valence-corrected chi connectivity index (χ4v) is 4.34. The lowest BCUT2D eigenvalue weighted by Crippen LogP contribution is -2.44. The van der Waals surface area contributed by atoms with E-state index in [-0.39, 0.29) is 6.10 Å². The minimum absolute atomic E-state index is 0.149. The van der Waals surface area contributed by atoms with Gasteiger partial charge in [-0.2, -0.15) is 0 Å². The molecule has 1 aromatic heterocycles. The predicted octanol–water partition coefficient (Wildman–Crippen LogP) is 3.15. The Kier molecular flexibility index (Phi) is 4.63. The normalized spacial score (nSPS) is 25.5. The van der Waals surface area contributed by atoms with Crippen LogP contribution in [-0.2, 0) is 6.54 Å². The summed E-state index contributed by atoms with van der Waals surface area (Å²) in [7, 11) is 3.24. The number of methoxy groups -OCH3 is 2. The molecule has 26 heavy (non-hydrogen) atoms. The van der Waals surface area contributed by atoms with Gasteiger partial charge in [0.2, 0.25) is 5.89 Å². The molecule has 2 saturated heterocycles. The largest absolute Gasteiger partial charge is 0.493 e. The summed E-state index contributed by atoms with van der Waals surface area (Å²) < 4.78 is 16.6. The second-order valence-corrected chi connectivity index (χ2v) is 7.27. The van der Waals surface area contributed by atoms with E-state index in [0.29, 0.717) is 29.5 Å². The van der Waals surface area contributed by atoms with E-state index < -0.39 is 0 Å². The van der Waals surface area contributed by atoms with Crippen molar-refractivity contribution in [2.75, 3.05) is 14.2 Å². The lowest BCUT2D eigenvalue weighted by atomic mass is 9.99. The smallest absolute Gasteiger partial charge is 0.226 e. The van der Waals surface area contributed by atoms with Gasteiger partial charge >= 0.3 is 0 Å². The van der Waals surface area contributed by atoms with E-state index in [9.17, 15) is 5.11 Å². The molecule has 1 unspecified atom stereocenters. The van der Waals surface area contributed by atoms with E-state index in [1.807, 2.05) is 25.1 Å². The molecule has 140 valence electrons. The molecule has 2 bridgehead atoms. The van der Waals surface area contributed by atoms with E-state index in [4.69, 9.17) is 18.9 Å². The molecular formula is C20H26N2O4. The van der Waals surface area contributed by atoms with Crippen LogP contribution in [0.1, 0.15) is 37.1 Å². The summed E-state index contributed by atoms with van der Waals surface area (Å²) in [6.07, 6.45) is 3.93. The number of hydrogen-bond acceptors (Lipinski definition) is 6. The van der Waals surface area contributed by atoms with Crippen LogP contribution in [0.5, 0.6) is 11.5 Å². The number of aliphatic hydroxyl groups excluding tert-OH is 1. The van der Waals surface area contributed by atoms with Crippen LogP contribution >= 0.6 is 0 Å². The van der Waals surface area contributed by atoms with Gasteiger partial charge in [-0.15, -0.1) is 0 Å². The van der Waals surface area contributed by atoms with E-state index in [2.05, 4.69) is 4.90 Å². The third-order valence-corrected chi connectivity index (χ3v) is 5.71. The second-order valence-electron chi connectivity index (χ2n) is 7.27. The first-order valence-corrected chi connectivity index (χ1v) is 9.21. The molecule has 6 heteroatoms. The summed E-state index contributed by atoms with van der Waals surface area (Å²) in [5, 5.41) is 9.99. The number of nitrogens with zero attached hydrogens (tertiary/aromatic N) is 2. The monoisotopic (exact) mass is 358 g/mol. The molecule has 6 nitrogen and oxygen atoms in total. The second kappa shape index (κ2) is 6.93. The Morgan fingerprint density at radius 1 is 1.15 bits per heavy atom. The Labute approximate surface area is 153 Å². The van der Waals surface area contributed by atoms with Crippen LogP contribution in [0.15, 0.2) is 22.6 Å². The molecule has 2 fully saturated rings. The highest BCUT2D eigenvalue weighted by Gasteiger charge is 2.40. The van der Waals surface area contributed by atoms with Crippen LogP contribution in [0.3, 0.4) is 0 Å². The number of rotatable bonds is 5. The number of fused-ring (bicyclic) bond motifs is 2. The zero-order chi connectivity index (χ0) is 18.3. The maximum Gasteiger partial charge on any atom is 0.226 e. The molecule has 2 aromatic rings. The van der Waals surface area contributed by atoms with Gasteiger partial charge in [0.1, 0.15) is 5.76 Å². The van der Waals surface area contributed by atoms with Gasteiger partial charge in [-0.05, 0) is 50.8 Å². The van der Waals surface area contributed by atoms with Gasteiger partial charge in [-0.1, -0.05) is 0 Å². The maximum atomic E-state index is 9.99. The lowest BCUT2D eigenvalue weighted by molar-refractivity contribution is 0.0302. The third kappa shape index (κ3) is 3.08. The first kappa shape index (κ1) is 17.4. The highest BCUT2D eigenvalue weighted by Crippen LogP contribution is 2.38. The fourth-order valence-electron chi connectivity index (χ4n) is 4.34. The molecule has 3 heterocycles. The van der Waals surface area contributed by atoms with Crippen molar-refractivity contribution in [3.8, 4) is 23.0 Å². The van der Waals surface area contributed by atoms with Crippen LogP contribution in [-0.4, -0.2) is 47.4 Å². The molecule has 0 radical (unpaired) electrons. The zero-order valence-electron chi connectivity index (χ0n) is 15.6. The third-order valence-electron chi connectivity index (χ3n) is 5.71. The minimum atomic E-state index is -0.149. The molecule has 1 aromatic carbocycles. The van der Waals surface area contributed by atoms with E-state index >= 15 is 0 Å². The summed E-state index contributed by atoms with van der Waals surface area (Å²) in [6, 6.07) is 6.60. The number of oxazole rings is 1. The highest BCUT2D eigenvalue weighted by molar-refractivity contribution is 5.60. The van der Waals surface area contributed by atoms with E-state index in [0.717, 1.165) is 36.4 Å². The Hall–Kier alpha value is -2.05. The molecule has 1 N–H and O–H groups in total. The number of piperidine rings is 1. The van der Waals surface area contributed by atoms with Gasteiger partial charge in [0.15, 0.2) is 11.5 Å². The van der Waals surface area contributed by atoms with Gasteiger partial charge in [-0.3, -0.25) is 4.90 Å². The van der Waals surface area contributed by atoms with Crippen molar-refractivity contribution in [1.29, 1.82) is 0 Å². The van der Waals surface area contributed by atoms with Crippen molar-refractivity contribution in [3.05, 3.63) is 29.7 Å². The van der Waals surface area contributed by atoms with Crippen molar-refractivity contribution < 1.29 is 19.0 Å². The van der Waals surface area contributed by atoms with Crippen LogP contribution in [0.2, 0.25) is 0 Å². The van der Waals surface area contributed by atoms with E-state index in [1.165, 1.54) is 12.8 Å². The molecule has 2 aliphatic heterocycles. The molecule has 3 atom stereocenters. The number of hydrogen-bond donors (Lipinski definition) is 1. The van der Waals surface area contributed by atoms with Crippen molar-refractivity contribution in [2.24, 2.45) is 0 Å². The average molecular weight is 358 g/mol. The minimum Gasteiger partial charge on any atom is -0.493 e. The molecule has 0 saturated carbocycles. The molecular weight excluding hydrogens is 332 g/mol. The van der Waals surface area contributed by atoms with Gasteiger partial charge in [-0.25, -0.2) is 4.98 Å². The summed E-state index contributed by atoms with van der Waals surface area (Å²) in [5.41, 5.74) is 1.84. The van der Waals surface area contributed by atoms with Gasteiger partial charge < -0.3 is 19.0 Å². The molecule has 2 aliphatic rings. The summed E-state index contributed by atoms with van der Waals surface area (Å²) >= 11 is 0. The highest BCUT2D eigenvalue weighted by atomic mass is 16.5. The number of aryl methyl sites for hydroxylation is 1. The predicted molar refractivity (Wildman–Crippen MR) is 97.4 cm³/mol. The summed E-state index contributed by atoms with van der Waals surface area (Å²) in [5.74, 6) is 2.79. The number of aromatic nitrogens is 1. The van der Waals surface area contributed by atoms with E-state index in [1.54, 1.807) is 14.2 Å². The SMILES string of the molecule is COc1ccc(-c2nc(CN3[C@@H]4CC[C@H]3CC(O)C4)c(C)o2)cc1OC. The molecule has 0 amide bonds. The number of aliphatic hydroxyl groups is 1. The van der Waals surface area contributed by atoms with Gasteiger partial charge in [0.25, 0.3) is 0 Å². The Morgan fingerprint density at radius 2 is 1.85 bits per heavy atom. The number of ether oxygens (including phenoxy) is 2. The Morgan fingerprint density at radius 3 is 2.50 bits per heavy atom. The average Bonchev–Trinajstić information content (AvgIpc) is 3.12. The fraction of sp³-hybridized carbons (Fsp3) is 0.550. The maximum absolute atomic E-state index is 9.99. The molecule has 0 aliphatic carbocycles. The topological polar surface area (TPSA) is 68.0 Å². The number of benzene rings is 1. The van der Waals surface area contributed by atoms with Gasteiger partial charge in [0, 0.05) is 24.2 Å². The van der Waals surface area contributed by atoms with Crippen LogP contribution < -0.4 is 9.47 Å². The summed E-state index contributed by atoms with van der Waals surface area (Å²) in [6.45, 7) is 2.75. The first-order chi connectivity index (χ1) is 12.6. The van der Waals surface area contributed by atoms with Crippen LogP contribution in [0.4, 0.5) is 0 Å².